The number of hydrogen-bond acceptors (Lipinski definition) is 3. The maximum Gasteiger partial charge on any atom is 0.348 e. The fraction of sp³-hybridized carbons (Fsp3) is 0.706. The lowest BCUT2D eigenvalue weighted by Gasteiger charge is -2.04. The van der Waals surface area contributed by atoms with Gasteiger partial charge < -0.3 is 4.74 Å². The first-order valence-corrected chi connectivity index (χ1v) is 9.36. The molecule has 0 N–H and O–H groups in total. The molecule has 1 aromatic heterocycles. The van der Waals surface area contributed by atoms with E-state index in [-0.39, 0.29) is 5.97 Å². The minimum atomic E-state index is -0.247. The van der Waals surface area contributed by atoms with Gasteiger partial charge in [0.1, 0.15) is 4.88 Å². The van der Waals surface area contributed by atoms with E-state index >= 15 is 0 Å². The summed E-state index contributed by atoms with van der Waals surface area (Å²) < 4.78 is 5.85. The quantitative estimate of drug-likeness (QED) is 0.324. The van der Waals surface area contributed by atoms with Gasteiger partial charge in [0, 0.05) is 0 Å². The van der Waals surface area contributed by atoms with Crippen LogP contribution in [0.1, 0.15) is 80.8 Å². The number of ether oxygens (including phenoxy) is 1. The number of esters is 1. The summed E-state index contributed by atoms with van der Waals surface area (Å²) in [5.41, 5.74) is 0. The molecule has 0 fully saturated rings. The van der Waals surface area contributed by atoms with Crippen LogP contribution in [0.4, 0.5) is 0 Å². The highest BCUT2D eigenvalue weighted by Gasteiger charge is 2.09. The van der Waals surface area contributed by atoms with E-state index in [1.165, 1.54) is 62.7 Å². The zero-order valence-electron chi connectivity index (χ0n) is 13.0. The third-order valence-electron chi connectivity index (χ3n) is 3.51. The van der Waals surface area contributed by atoms with Crippen LogP contribution in [-0.4, -0.2) is 12.6 Å². The molecule has 0 spiro atoms. The predicted octanol–water partition coefficient (Wildman–Crippen LogP) is 6.48. The van der Waals surface area contributed by atoms with Gasteiger partial charge >= 0.3 is 5.97 Å². The molecule has 1 heterocycles. The van der Waals surface area contributed by atoms with Crippen LogP contribution in [-0.2, 0) is 4.74 Å². The van der Waals surface area contributed by atoms with Crippen molar-refractivity contribution in [3.05, 3.63) is 21.3 Å². The fourth-order valence-electron chi connectivity index (χ4n) is 2.25. The Bertz CT molecular complexity index is 390. The molecule has 0 aliphatic rings. The molecular weight excluding hydrogens is 304 g/mol. The van der Waals surface area contributed by atoms with E-state index < -0.39 is 0 Å². The normalized spacial score (nSPS) is 10.8. The van der Waals surface area contributed by atoms with Crippen LogP contribution in [0.2, 0.25) is 4.34 Å². The van der Waals surface area contributed by atoms with Gasteiger partial charge in [-0.15, -0.1) is 11.3 Å². The van der Waals surface area contributed by atoms with Gasteiger partial charge in [0.15, 0.2) is 0 Å². The van der Waals surface area contributed by atoms with E-state index in [9.17, 15) is 4.79 Å². The average molecular weight is 331 g/mol. The molecule has 0 atom stereocenters. The number of carbonyl (C=O) groups excluding carboxylic acids is 1. The molecule has 1 aromatic rings. The van der Waals surface area contributed by atoms with Crippen molar-refractivity contribution in [2.45, 2.75) is 71.1 Å². The van der Waals surface area contributed by atoms with Gasteiger partial charge in [-0.05, 0) is 18.6 Å². The first-order valence-electron chi connectivity index (χ1n) is 8.16. The molecule has 0 aromatic carbocycles. The molecule has 0 radical (unpaired) electrons. The van der Waals surface area contributed by atoms with Gasteiger partial charge in [-0.25, -0.2) is 4.79 Å². The molecule has 21 heavy (non-hydrogen) atoms. The van der Waals surface area contributed by atoms with Gasteiger partial charge in [-0.3, -0.25) is 0 Å². The van der Waals surface area contributed by atoms with Crippen LogP contribution in [0.25, 0.3) is 0 Å². The van der Waals surface area contributed by atoms with Gasteiger partial charge in [0.2, 0.25) is 0 Å². The Morgan fingerprint density at radius 1 is 1.00 bits per heavy atom. The summed E-state index contributed by atoms with van der Waals surface area (Å²) in [4.78, 5) is 12.2. The smallest absolute Gasteiger partial charge is 0.348 e. The van der Waals surface area contributed by atoms with Crippen molar-refractivity contribution < 1.29 is 9.53 Å². The van der Waals surface area contributed by atoms with Gasteiger partial charge in [-0.1, -0.05) is 76.3 Å². The second kappa shape index (κ2) is 12.0. The van der Waals surface area contributed by atoms with Crippen LogP contribution in [0.5, 0.6) is 0 Å². The van der Waals surface area contributed by atoms with Crippen molar-refractivity contribution in [2.24, 2.45) is 0 Å². The molecule has 0 aliphatic carbocycles. The SMILES string of the molecule is CCCCCCCCCCCCOC(=O)c1ccc(Cl)s1. The molecule has 4 heteroatoms. The Morgan fingerprint density at radius 2 is 1.57 bits per heavy atom. The van der Waals surface area contributed by atoms with E-state index in [0.717, 1.165) is 12.8 Å². The van der Waals surface area contributed by atoms with Gasteiger partial charge in [0.25, 0.3) is 0 Å². The van der Waals surface area contributed by atoms with Crippen LogP contribution < -0.4 is 0 Å². The fourth-order valence-corrected chi connectivity index (χ4v) is 3.19. The Labute approximate surface area is 137 Å². The third-order valence-corrected chi connectivity index (χ3v) is 4.72. The highest BCUT2D eigenvalue weighted by Crippen LogP contribution is 2.22. The standard InChI is InChI=1S/C17H27ClO2S/c1-2-3-4-5-6-7-8-9-10-11-14-20-17(19)15-12-13-16(18)21-15/h12-13H,2-11,14H2,1H3. The second-order valence-electron chi connectivity index (χ2n) is 5.42. The lowest BCUT2D eigenvalue weighted by molar-refractivity contribution is 0.0503. The topological polar surface area (TPSA) is 26.3 Å². The summed E-state index contributed by atoms with van der Waals surface area (Å²) in [6, 6.07) is 3.44. The lowest BCUT2D eigenvalue weighted by Crippen LogP contribution is -2.04. The highest BCUT2D eigenvalue weighted by molar-refractivity contribution is 7.17. The molecule has 120 valence electrons. The molecule has 0 amide bonds. The predicted molar refractivity (Wildman–Crippen MR) is 91.5 cm³/mol. The van der Waals surface area contributed by atoms with Crippen molar-refractivity contribution in [1.29, 1.82) is 0 Å². The molecule has 2 nitrogen and oxygen atoms in total. The maximum atomic E-state index is 11.6. The van der Waals surface area contributed by atoms with E-state index in [2.05, 4.69) is 6.92 Å². The largest absolute Gasteiger partial charge is 0.462 e. The number of carbonyl (C=O) groups is 1. The number of rotatable bonds is 12. The molecule has 0 saturated heterocycles. The van der Waals surface area contributed by atoms with E-state index in [1.807, 2.05) is 0 Å². The second-order valence-corrected chi connectivity index (χ2v) is 7.14. The summed E-state index contributed by atoms with van der Waals surface area (Å²) in [6.45, 7) is 2.77. The summed E-state index contributed by atoms with van der Waals surface area (Å²) in [5, 5.41) is 0. The number of hydrogen-bond donors (Lipinski definition) is 0. The Balaban J connectivity index is 1.87. The zero-order valence-corrected chi connectivity index (χ0v) is 14.6. The first kappa shape index (κ1) is 18.5. The minimum Gasteiger partial charge on any atom is -0.462 e. The summed E-state index contributed by atoms with van der Waals surface area (Å²) in [6.07, 6.45) is 12.8. The van der Waals surface area contributed by atoms with Crippen LogP contribution in [0, 0.1) is 0 Å². The van der Waals surface area contributed by atoms with Crippen LogP contribution in [0.15, 0.2) is 12.1 Å². The average Bonchev–Trinajstić information content (AvgIpc) is 2.91. The van der Waals surface area contributed by atoms with Crippen LogP contribution >= 0.6 is 22.9 Å². The summed E-state index contributed by atoms with van der Waals surface area (Å²) in [5.74, 6) is -0.247. The van der Waals surface area contributed by atoms with Gasteiger partial charge in [0.05, 0.1) is 10.9 Å². The van der Waals surface area contributed by atoms with Crippen molar-refractivity contribution >= 4 is 28.9 Å². The number of halogens is 1. The summed E-state index contributed by atoms with van der Waals surface area (Å²) >= 11 is 7.06. The molecule has 0 aliphatic heterocycles. The van der Waals surface area contributed by atoms with E-state index in [1.54, 1.807) is 12.1 Å². The maximum absolute atomic E-state index is 11.6. The monoisotopic (exact) mass is 330 g/mol. The molecular formula is C17H27ClO2S. The van der Waals surface area contributed by atoms with Crippen molar-refractivity contribution in [1.82, 2.24) is 0 Å². The zero-order chi connectivity index (χ0) is 15.3. The van der Waals surface area contributed by atoms with Crippen molar-refractivity contribution in [3.8, 4) is 0 Å². The van der Waals surface area contributed by atoms with E-state index in [4.69, 9.17) is 16.3 Å². The number of thiophene rings is 1. The summed E-state index contributed by atoms with van der Waals surface area (Å²) in [7, 11) is 0. The molecule has 0 saturated carbocycles. The van der Waals surface area contributed by atoms with Crippen molar-refractivity contribution in [3.63, 3.8) is 0 Å². The Kier molecular flexibility index (Phi) is 10.6. The molecule has 0 bridgehead atoms. The van der Waals surface area contributed by atoms with E-state index in [0.29, 0.717) is 15.8 Å². The lowest BCUT2D eigenvalue weighted by atomic mass is 10.1. The minimum absolute atomic E-state index is 0.247. The Hall–Kier alpha value is -0.540. The number of unbranched alkanes of at least 4 members (excludes halogenated alkanes) is 9. The third kappa shape index (κ3) is 9.15. The van der Waals surface area contributed by atoms with Crippen molar-refractivity contribution in [2.75, 3.05) is 6.61 Å². The highest BCUT2D eigenvalue weighted by atomic mass is 35.5. The van der Waals surface area contributed by atoms with Crippen LogP contribution in [0.3, 0.4) is 0 Å². The van der Waals surface area contributed by atoms with Gasteiger partial charge in [-0.2, -0.15) is 0 Å². The Morgan fingerprint density at radius 3 is 2.10 bits per heavy atom. The first-order chi connectivity index (χ1) is 10.2. The molecule has 0 unspecified atom stereocenters. The molecule has 1 rings (SSSR count).